The molecule has 204 valence electrons. The number of primary amides is 1. The Bertz CT molecular complexity index is 1470. The number of ketones is 2. The first-order valence-electron chi connectivity index (χ1n) is 12.5. The smallest absolute Gasteiger partial charge is 0.255 e. The van der Waals surface area contributed by atoms with E-state index in [9.17, 15) is 39.9 Å². The van der Waals surface area contributed by atoms with E-state index in [0.29, 0.717) is 5.56 Å². The number of hydrogen-bond donors (Lipinski definition) is 6. The second-order valence-corrected chi connectivity index (χ2v) is 10.8. The Kier molecular flexibility index (Phi) is 6.17. The van der Waals surface area contributed by atoms with Gasteiger partial charge in [0.05, 0.1) is 23.6 Å². The summed E-state index contributed by atoms with van der Waals surface area (Å²) in [7, 11) is 2.95. The van der Waals surface area contributed by atoms with Gasteiger partial charge in [0.2, 0.25) is 5.78 Å². The van der Waals surface area contributed by atoms with Gasteiger partial charge >= 0.3 is 0 Å². The van der Waals surface area contributed by atoms with E-state index in [1.807, 2.05) is 31.2 Å². The third-order valence-electron chi connectivity index (χ3n) is 8.37. The Morgan fingerprint density at radius 2 is 1.69 bits per heavy atom. The van der Waals surface area contributed by atoms with Crippen LogP contribution in [-0.4, -0.2) is 79.7 Å². The van der Waals surface area contributed by atoms with Gasteiger partial charge in [-0.25, -0.2) is 0 Å². The highest BCUT2D eigenvalue weighted by Crippen LogP contribution is 2.56. The quantitative estimate of drug-likeness (QED) is 0.312. The molecule has 10 nitrogen and oxygen atoms in total. The van der Waals surface area contributed by atoms with Crippen molar-refractivity contribution < 1.29 is 39.9 Å². The molecule has 6 atom stereocenters. The Labute approximate surface area is 224 Å². The zero-order chi connectivity index (χ0) is 28.5. The van der Waals surface area contributed by atoms with Crippen molar-refractivity contribution in [1.29, 1.82) is 0 Å². The van der Waals surface area contributed by atoms with Crippen LogP contribution < -0.4 is 5.73 Å². The number of aliphatic hydroxyl groups excluding tert-OH is 3. The first-order valence-corrected chi connectivity index (χ1v) is 12.5. The topological polar surface area (TPSA) is 182 Å². The van der Waals surface area contributed by atoms with Crippen LogP contribution in [0.5, 0.6) is 5.75 Å². The van der Waals surface area contributed by atoms with Crippen LogP contribution in [0.25, 0.3) is 5.76 Å². The lowest BCUT2D eigenvalue weighted by atomic mass is 9.53. The van der Waals surface area contributed by atoms with Gasteiger partial charge in [0.1, 0.15) is 22.8 Å². The first-order chi connectivity index (χ1) is 18.3. The number of nitrogens with zero attached hydrogens (tertiary/aromatic N) is 1. The summed E-state index contributed by atoms with van der Waals surface area (Å²) < 4.78 is 0. The van der Waals surface area contributed by atoms with E-state index >= 15 is 0 Å². The molecule has 0 aromatic heterocycles. The molecule has 39 heavy (non-hydrogen) atoms. The van der Waals surface area contributed by atoms with Gasteiger partial charge < -0.3 is 31.3 Å². The maximum atomic E-state index is 14.2. The van der Waals surface area contributed by atoms with Crippen molar-refractivity contribution in [3.05, 3.63) is 81.6 Å². The average molecular weight is 535 g/mol. The van der Waals surface area contributed by atoms with Crippen LogP contribution in [0.1, 0.15) is 28.2 Å². The number of aliphatic hydroxyl groups is 4. The monoisotopic (exact) mass is 534 g/mol. The van der Waals surface area contributed by atoms with Gasteiger partial charge in [-0.05, 0) is 50.6 Å². The lowest BCUT2D eigenvalue weighted by Crippen LogP contribution is -2.70. The second kappa shape index (κ2) is 9.04. The minimum Gasteiger partial charge on any atom is -0.508 e. The number of likely N-dealkylation sites (N-methyl/N-ethyl adjacent to an activating group) is 1. The number of nitrogens with two attached hydrogens (primary N) is 1. The molecule has 1 fully saturated rings. The molecule has 0 aliphatic heterocycles. The normalized spacial score (nSPS) is 30.3. The maximum absolute atomic E-state index is 14.2. The third-order valence-corrected chi connectivity index (χ3v) is 8.37. The van der Waals surface area contributed by atoms with E-state index in [2.05, 4.69) is 0 Å². The van der Waals surface area contributed by atoms with E-state index < -0.39 is 75.6 Å². The molecule has 0 spiro atoms. The predicted molar refractivity (Wildman–Crippen MR) is 140 cm³/mol. The predicted octanol–water partition coefficient (Wildman–Crippen LogP) is 1.03. The van der Waals surface area contributed by atoms with Crippen LogP contribution in [0.3, 0.4) is 0 Å². The SMILES string of the molecule is Cc1ccc(CC2c3cccc(O)c3C(O)=C3C(=O)[C@]4(O)C(O)=C(C(N)=O)C(=O)[C@@H](N(C)C)[C@@H]4[C@@H](O)[C@@H]32)cc1. The van der Waals surface area contributed by atoms with Gasteiger partial charge in [0.25, 0.3) is 5.91 Å². The zero-order valence-electron chi connectivity index (χ0n) is 21.6. The highest BCUT2D eigenvalue weighted by Gasteiger charge is 2.68. The van der Waals surface area contributed by atoms with Gasteiger partial charge in [-0.15, -0.1) is 0 Å². The van der Waals surface area contributed by atoms with Crippen molar-refractivity contribution in [2.45, 2.75) is 37.0 Å². The fourth-order valence-corrected chi connectivity index (χ4v) is 6.61. The molecule has 1 unspecified atom stereocenters. The Hall–Kier alpha value is -3.99. The van der Waals surface area contributed by atoms with Crippen LogP contribution in [0.2, 0.25) is 0 Å². The van der Waals surface area contributed by atoms with Crippen LogP contribution in [-0.2, 0) is 20.8 Å². The molecule has 2 aromatic rings. The summed E-state index contributed by atoms with van der Waals surface area (Å²) >= 11 is 0. The summed E-state index contributed by atoms with van der Waals surface area (Å²) in [6.45, 7) is 1.93. The van der Waals surface area contributed by atoms with E-state index in [1.54, 1.807) is 12.1 Å². The molecule has 3 aliphatic rings. The summed E-state index contributed by atoms with van der Waals surface area (Å²) in [6.07, 6.45) is -1.37. The lowest BCUT2D eigenvalue weighted by Gasteiger charge is -2.54. The minimum atomic E-state index is -2.94. The number of phenolic OH excluding ortho intramolecular Hbond substituents is 1. The summed E-state index contributed by atoms with van der Waals surface area (Å²) in [4.78, 5) is 41.0. The standard InChI is InChI=1S/C29H30N2O8/c1-12-7-9-13(10-8-12)11-15-14-5-4-6-16(32)17(14)23(33)19-18(15)24(34)21-22(31(2)3)25(35)20(28(30)38)27(37)29(21,39)26(19)36/h4-10,15,18,21-22,24,32-34,37,39H,11H2,1-3H3,(H2,30,38)/t15?,18-,21-,22+,24+,29+/m1/s1. The largest absolute Gasteiger partial charge is 0.508 e. The second-order valence-electron chi connectivity index (χ2n) is 10.8. The number of amides is 1. The van der Waals surface area contributed by atoms with Gasteiger partial charge in [0, 0.05) is 11.5 Å². The van der Waals surface area contributed by atoms with E-state index in [0.717, 1.165) is 11.1 Å². The molecule has 10 heteroatoms. The fraction of sp³-hybridized carbons (Fsp3) is 0.345. The van der Waals surface area contributed by atoms with Crippen LogP contribution in [0.15, 0.2) is 59.4 Å². The molecule has 1 saturated carbocycles. The van der Waals surface area contributed by atoms with E-state index in [-0.39, 0.29) is 17.7 Å². The van der Waals surface area contributed by atoms with E-state index in [1.165, 1.54) is 25.1 Å². The summed E-state index contributed by atoms with van der Waals surface area (Å²) in [5.74, 6) is -9.10. The molecule has 2 aromatic carbocycles. The number of carbonyl (C=O) groups excluding carboxylic acids is 3. The highest BCUT2D eigenvalue weighted by molar-refractivity contribution is 6.24. The zero-order valence-corrected chi connectivity index (χ0v) is 21.6. The van der Waals surface area contributed by atoms with Gasteiger partial charge in [-0.2, -0.15) is 0 Å². The molecule has 0 heterocycles. The number of hydrogen-bond acceptors (Lipinski definition) is 9. The number of fused-ring (bicyclic) bond motifs is 3. The number of rotatable bonds is 4. The highest BCUT2D eigenvalue weighted by atomic mass is 16.4. The Morgan fingerprint density at radius 3 is 2.28 bits per heavy atom. The fourth-order valence-electron chi connectivity index (χ4n) is 6.61. The van der Waals surface area contributed by atoms with Gasteiger partial charge in [0.15, 0.2) is 11.4 Å². The number of phenols is 1. The summed E-state index contributed by atoms with van der Waals surface area (Å²) in [6, 6.07) is 10.8. The van der Waals surface area contributed by atoms with Crippen molar-refractivity contribution in [2.24, 2.45) is 17.6 Å². The molecule has 1 amide bonds. The Morgan fingerprint density at radius 1 is 1.05 bits per heavy atom. The molecule has 0 radical (unpaired) electrons. The van der Waals surface area contributed by atoms with Gasteiger partial charge in [-0.1, -0.05) is 42.0 Å². The van der Waals surface area contributed by atoms with Crippen molar-refractivity contribution in [2.75, 3.05) is 14.1 Å². The van der Waals surface area contributed by atoms with Crippen LogP contribution in [0, 0.1) is 18.8 Å². The Balaban J connectivity index is 1.79. The number of benzene rings is 2. The first kappa shape index (κ1) is 26.6. The average Bonchev–Trinajstić information content (AvgIpc) is 2.86. The molecule has 5 rings (SSSR count). The number of Topliss-reactive ketones (excluding diaryl/α,β-unsaturated/α-hetero) is 2. The lowest BCUT2D eigenvalue weighted by molar-refractivity contribution is -0.169. The van der Waals surface area contributed by atoms with Crippen LogP contribution >= 0.6 is 0 Å². The van der Waals surface area contributed by atoms with Crippen molar-refractivity contribution in [1.82, 2.24) is 4.90 Å². The molecule has 7 N–H and O–H groups in total. The van der Waals surface area contributed by atoms with Crippen molar-refractivity contribution >= 4 is 23.2 Å². The third kappa shape index (κ3) is 3.63. The van der Waals surface area contributed by atoms with Crippen molar-refractivity contribution in [3.8, 4) is 5.75 Å². The van der Waals surface area contributed by atoms with Gasteiger partial charge in [-0.3, -0.25) is 19.3 Å². The number of carbonyl (C=O) groups is 3. The summed E-state index contributed by atoms with van der Waals surface area (Å²) in [5, 5.41) is 56.8. The number of aromatic hydroxyl groups is 1. The molecular weight excluding hydrogens is 504 g/mol. The molecule has 0 bridgehead atoms. The molecule has 0 saturated heterocycles. The van der Waals surface area contributed by atoms with Crippen molar-refractivity contribution in [3.63, 3.8) is 0 Å². The maximum Gasteiger partial charge on any atom is 0.255 e. The summed E-state index contributed by atoms with van der Waals surface area (Å²) in [5.41, 5.74) is 3.38. The number of aryl methyl sites for hydroxylation is 1. The van der Waals surface area contributed by atoms with Crippen LogP contribution in [0.4, 0.5) is 0 Å². The molecular formula is C29H30N2O8. The minimum absolute atomic E-state index is 0.0295. The molecule has 3 aliphatic carbocycles. The van der Waals surface area contributed by atoms with E-state index in [4.69, 9.17) is 5.73 Å².